The molecule has 332 valence electrons. The van der Waals surface area contributed by atoms with E-state index >= 15 is 0 Å². The normalized spacial score (nSPS) is 32.6. The van der Waals surface area contributed by atoms with Gasteiger partial charge in [-0.25, -0.2) is 0 Å². The lowest BCUT2D eigenvalue weighted by Gasteiger charge is -2.59. The predicted octanol–water partition coefficient (Wildman–Crippen LogP) is 5.22. The Balaban J connectivity index is 0.869. The number of rotatable bonds is 14. The van der Waals surface area contributed by atoms with E-state index in [1.54, 1.807) is 13.0 Å². The molecule has 13 nitrogen and oxygen atoms in total. The van der Waals surface area contributed by atoms with E-state index in [0.29, 0.717) is 24.9 Å². The fourth-order valence-electron chi connectivity index (χ4n) is 11.8. The molecule has 0 aromatic heterocycles. The summed E-state index contributed by atoms with van der Waals surface area (Å²) in [5.41, 5.74) is 3.04. The van der Waals surface area contributed by atoms with Crippen molar-refractivity contribution in [2.24, 2.45) is 34.5 Å². The second-order valence-electron chi connectivity index (χ2n) is 18.9. The van der Waals surface area contributed by atoms with Gasteiger partial charge < -0.3 is 30.3 Å². The summed E-state index contributed by atoms with van der Waals surface area (Å²) >= 11 is 0. The molecule has 11 atom stereocenters. The van der Waals surface area contributed by atoms with Crippen molar-refractivity contribution in [1.29, 1.82) is 0 Å². The number of Topliss-reactive ketones (excluding diaryl/α,β-unsaturated/α-hetero) is 2. The number of hydrogen-bond acceptors (Lipinski definition) is 10. The molecule has 2 heterocycles. The quantitative estimate of drug-likeness (QED) is 0.184. The van der Waals surface area contributed by atoms with Gasteiger partial charge in [0.05, 0.1) is 18.2 Å². The van der Waals surface area contributed by atoms with Gasteiger partial charge in [0.1, 0.15) is 6.61 Å². The van der Waals surface area contributed by atoms with Gasteiger partial charge in [-0.15, -0.1) is 0 Å². The van der Waals surface area contributed by atoms with Gasteiger partial charge in [0.15, 0.2) is 23.5 Å². The molecule has 6 aliphatic rings. The molecule has 2 aliphatic heterocycles. The molecule has 4 N–H and O–H groups in total. The van der Waals surface area contributed by atoms with Crippen LogP contribution in [0.4, 0.5) is 5.69 Å². The third kappa shape index (κ3) is 7.87. The molecule has 1 saturated heterocycles. The molecule has 8 rings (SSSR count). The number of ether oxygens (including phenoxy) is 2. The van der Waals surface area contributed by atoms with Crippen LogP contribution in [0.3, 0.4) is 0 Å². The highest BCUT2D eigenvalue weighted by atomic mass is 16.7. The average molecular weight is 860 g/mol. The summed E-state index contributed by atoms with van der Waals surface area (Å²) in [5.74, 6) is -3.05. The highest BCUT2D eigenvalue weighted by molar-refractivity contribution is 6.13. The van der Waals surface area contributed by atoms with Gasteiger partial charge in [0, 0.05) is 65.5 Å². The molecule has 4 amide bonds. The molecular weight excluding hydrogens is 803 g/mol. The van der Waals surface area contributed by atoms with Gasteiger partial charge in [0.25, 0.3) is 11.8 Å². The van der Waals surface area contributed by atoms with Gasteiger partial charge in [-0.2, -0.15) is 0 Å². The Bertz CT molecular complexity index is 2320. The average Bonchev–Trinajstić information content (AvgIpc) is 3.87. The Labute approximate surface area is 367 Å². The molecule has 4 fully saturated rings. The van der Waals surface area contributed by atoms with E-state index in [2.05, 4.69) is 43.2 Å². The van der Waals surface area contributed by atoms with Crippen LogP contribution in [0.25, 0.3) is 0 Å². The van der Waals surface area contributed by atoms with Gasteiger partial charge in [-0.3, -0.25) is 33.7 Å². The van der Waals surface area contributed by atoms with Crippen LogP contribution < -0.4 is 10.6 Å². The minimum Gasteiger partial charge on any atom is -0.393 e. The smallest absolute Gasteiger partial charge is 0.253 e. The number of carbonyl (C=O) groups excluding carboxylic acids is 6. The predicted molar refractivity (Wildman–Crippen MR) is 232 cm³/mol. The second-order valence-corrected chi connectivity index (χ2v) is 18.9. The first-order chi connectivity index (χ1) is 30.0. The number of anilines is 1. The summed E-state index contributed by atoms with van der Waals surface area (Å²) in [5, 5.41) is 27.9. The Kier molecular flexibility index (Phi) is 11.9. The zero-order valence-corrected chi connectivity index (χ0v) is 36.3. The van der Waals surface area contributed by atoms with E-state index in [-0.39, 0.29) is 54.2 Å². The van der Waals surface area contributed by atoms with Crippen molar-refractivity contribution in [2.75, 3.05) is 18.5 Å². The lowest BCUT2D eigenvalue weighted by Crippen LogP contribution is -2.63. The highest BCUT2D eigenvalue weighted by Gasteiger charge is 2.75. The van der Waals surface area contributed by atoms with Crippen LogP contribution in [0, 0.1) is 34.5 Å². The van der Waals surface area contributed by atoms with Crippen molar-refractivity contribution in [3.05, 3.63) is 113 Å². The molecule has 0 radical (unpaired) electrons. The number of nitrogens with zero attached hydrogens (tertiary/aromatic N) is 1. The van der Waals surface area contributed by atoms with Crippen LogP contribution in [0.2, 0.25) is 0 Å². The van der Waals surface area contributed by atoms with Crippen molar-refractivity contribution >= 4 is 40.9 Å². The summed E-state index contributed by atoms with van der Waals surface area (Å²) in [6.45, 7) is 10.8. The standard InChI is InChI=1S/C50H57N3O10/c1-28-17-19-48(4)34(21-28)13-14-36-37-25-41-50(40(57)27-54,49(37,5)26-39(56)45(36)48)63-47(62-41)33-11-9-31(10-12-33)23-32-7-6-8-35(24-32)52-46(61)29(2)22-38(55)30(3)51-42(58)18-20-53-43(59)15-16-44(53)60/h6-12,15-17,19,21,24,29-30,36-37,39,41,45,47,54,56H,1,13-14,18,20,22-23,25-27H2,2-5H3,(H,51,58)(H,52,61)/t29-,30+,36-,37-,39-,41+,45+,47+,48-,49-,50+/m0/s1. The van der Waals surface area contributed by atoms with Crippen molar-refractivity contribution < 1.29 is 48.5 Å². The topological polar surface area (TPSA) is 189 Å². The molecule has 0 unspecified atom stereocenters. The number of fused-ring (bicyclic) bond motifs is 7. The first kappa shape index (κ1) is 44.3. The summed E-state index contributed by atoms with van der Waals surface area (Å²) in [7, 11) is 0. The third-order valence-corrected chi connectivity index (χ3v) is 15.0. The molecule has 13 heteroatoms. The number of allylic oxidation sites excluding steroid dienone is 5. The minimum absolute atomic E-state index is 0.0169. The zero-order chi connectivity index (χ0) is 45.0. The van der Waals surface area contributed by atoms with E-state index in [4.69, 9.17) is 9.47 Å². The fourth-order valence-corrected chi connectivity index (χ4v) is 11.8. The first-order valence-corrected chi connectivity index (χ1v) is 22.1. The minimum atomic E-state index is -1.41. The van der Waals surface area contributed by atoms with Crippen LogP contribution in [0.1, 0.15) is 89.2 Å². The van der Waals surface area contributed by atoms with Crippen LogP contribution in [-0.4, -0.2) is 87.3 Å². The van der Waals surface area contributed by atoms with E-state index in [0.717, 1.165) is 52.2 Å². The number of aliphatic hydroxyl groups excluding tert-OH is 2. The van der Waals surface area contributed by atoms with E-state index in [9.17, 15) is 39.0 Å². The number of benzene rings is 2. The van der Waals surface area contributed by atoms with E-state index < -0.39 is 71.6 Å². The molecule has 63 heavy (non-hydrogen) atoms. The number of nitrogens with one attached hydrogen (secondary N) is 2. The molecule has 2 aromatic rings. The largest absolute Gasteiger partial charge is 0.393 e. The maximum absolute atomic E-state index is 14.0. The molecule has 0 spiro atoms. The van der Waals surface area contributed by atoms with Gasteiger partial charge in [-0.05, 0) is 79.7 Å². The first-order valence-electron chi connectivity index (χ1n) is 22.1. The monoisotopic (exact) mass is 859 g/mol. The molecule has 4 aliphatic carbocycles. The van der Waals surface area contributed by atoms with Crippen molar-refractivity contribution in [3.8, 4) is 0 Å². The van der Waals surface area contributed by atoms with Gasteiger partial charge >= 0.3 is 0 Å². The Morgan fingerprint density at radius 1 is 1.00 bits per heavy atom. The molecule has 2 aromatic carbocycles. The third-order valence-electron chi connectivity index (χ3n) is 15.0. The molecule has 3 saturated carbocycles. The Morgan fingerprint density at radius 2 is 1.73 bits per heavy atom. The van der Waals surface area contributed by atoms with E-state index in [1.807, 2.05) is 48.5 Å². The number of aliphatic hydroxyl groups is 2. The maximum atomic E-state index is 14.0. The summed E-state index contributed by atoms with van der Waals surface area (Å²) in [6.07, 6.45) is 9.65. The lowest BCUT2D eigenvalue weighted by atomic mass is 9.46. The number of ketones is 2. The Morgan fingerprint density at radius 3 is 2.44 bits per heavy atom. The van der Waals surface area contributed by atoms with Gasteiger partial charge in [-0.1, -0.05) is 87.5 Å². The van der Waals surface area contributed by atoms with E-state index in [1.165, 1.54) is 12.5 Å². The van der Waals surface area contributed by atoms with Crippen LogP contribution in [-0.2, 0) is 44.7 Å². The SMILES string of the molecule is C=C1C=C[C@@]2(C)C(=C1)CC[C@@H]1[C@@H]2[C@@H](O)C[C@@]2(C)[C@H]1C[C@H]1O[C@@H](c3ccc(Cc4cccc(NC(=O)[C@@H](C)CC(=O)[C@@H](C)NC(=O)CCN5C(=O)C=CC5=O)c4)cc3)O[C@]12C(=O)CO. The second kappa shape index (κ2) is 17.0. The number of imide groups is 1. The summed E-state index contributed by atoms with van der Waals surface area (Å²) in [6, 6.07) is 14.3. The number of hydrogen-bond donors (Lipinski definition) is 4. The Hall–Kier alpha value is -5.34. The maximum Gasteiger partial charge on any atom is 0.253 e. The van der Waals surface area contributed by atoms with Crippen molar-refractivity contribution in [2.45, 2.75) is 103 Å². The zero-order valence-electron chi connectivity index (χ0n) is 36.3. The molecular formula is C50H57N3O10. The van der Waals surface area contributed by atoms with Crippen molar-refractivity contribution in [1.82, 2.24) is 10.2 Å². The number of carbonyl (C=O) groups is 6. The van der Waals surface area contributed by atoms with Crippen LogP contribution in [0.15, 0.2) is 96.6 Å². The van der Waals surface area contributed by atoms with Crippen LogP contribution in [0.5, 0.6) is 0 Å². The van der Waals surface area contributed by atoms with Gasteiger partial charge in [0.2, 0.25) is 11.8 Å². The lowest BCUT2D eigenvalue weighted by molar-refractivity contribution is -0.201. The summed E-state index contributed by atoms with van der Waals surface area (Å²) in [4.78, 5) is 76.8. The van der Waals surface area contributed by atoms with Crippen molar-refractivity contribution in [3.63, 3.8) is 0 Å². The summed E-state index contributed by atoms with van der Waals surface area (Å²) < 4.78 is 13.4. The highest BCUT2D eigenvalue weighted by Crippen LogP contribution is 2.70. The molecule has 0 bridgehead atoms. The fraction of sp³-hybridized carbons (Fsp3) is 0.480. The number of amides is 4. The van der Waals surface area contributed by atoms with Crippen LogP contribution >= 0.6 is 0 Å².